The molecule has 2 aliphatic rings. The van der Waals surface area contributed by atoms with E-state index in [1.807, 2.05) is 18.2 Å². The van der Waals surface area contributed by atoms with Gasteiger partial charge in [0, 0.05) is 26.2 Å². The van der Waals surface area contributed by atoms with Crippen LogP contribution in [0.25, 0.3) is 0 Å². The fourth-order valence-corrected chi connectivity index (χ4v) is 3.89. The summed E-state index contributed by atoms with van der Waals surface area (Å²) in [5, 5.41) is 19.9. The molecule has 0 spiro atoms. The first-order valence-electron chi connectivity index (χ1n) is 10.2. The van der Waals surface area contributed by atoms with Crippen molar-refractivity contribution in [2.75, 3.05) is 46.4 Å². The van der Waals surface area contributed by atoms with Crippen molar-refractivity contribution in [3.63, 3.8) is 0 Å². The van der Waals surface area contributed by atoms with Gasteiger partial charge < -0.3 is 24.6 Å². The van der Waals surface area contributed by atoms with Crippen molar-refractivity contribution in [1.29, 1.82) is 0 Å². The minimum Gasteiger partial charge on any atom is -0.493 e. The van der Waals surface area contributed by atoms with Gasteiger partial charge >= 0.3 is 0 Å². The Kier molecular flexibility index (Phi) is 7.76. The van der Waals surface area contributed by atoms with Crippen LogP contribution in [0.1, 0.15) is 37.7 Å². The van der Waals surface area contributed by atoms with E-state index in [0.29, 0.717) is 18.0 Å². The molecule has 1 atom stereocenters. The first kappa shape index (κ1) is 20.4. The van der Waals surface area contributed by atoms with Gasteiger partial charge in [0.15, 0.2) is 11.5 Å². The molecule has 152 valence electrons. The summed E-state index contributed by atoms with van der Waals surface area (Å²) >= 11 is 0. The van der Waals surface area contributed by atoms with Crippen molar-refractivity contribution in [2.24, 2.45) is 0 Å². The van der Waals surface area contributed by atoms with Crippen LogP contribution in [0.2, 0.25) is 0 Å². The number of aliphatic hydroxyl groups excluding tert-OH is 2. The van der Waals surface area contributed by atoms with E-state index in [0.717, 1.165) is 38.3 Å². The monoisotopic (exact) mass is 378 g/mol. The minimum absolute atomic E-state index is 0.197. The first-order valence-corrected chi connectivity index (χ1v) is 10.2. The van der Waals surface area contributed by atoms with Crippen LogP contribution < -0.4 is 9.47 Å². The molecule has 2 saturated heterocycles. The van der Waals surface area contributed by atoms with Gasteiger partial charge in [-0.2, -0.15) is 0 Å². The molecule has 0 aromatic heterocycles. The first-order chi connectivity index (χ1) is 13.1. The van der Waals surface area contributed by atoms with Gasteiger partial charge in [0.1, 0.15) is 12.7 Å². The molecule has 3 rings (SSSR count). The van der Waals surface area contributed by atoms with Gasteiger partial charge in [-0.15, -0.1) is 0 Å². The third-order valence-electron chi connectivity index (χ3n) is 5.42. The Hall–Kier alpha value is -1.34. The summed E-state index contributed by atoms with van der Waals surface area (Å²) in [6.07, 6.45) is 5.65. The number of hydrogen-bond donors (Lipinski definition) is 2. The Morgan fingerprint density at radius 1 is 1.04 bits per heavy atom. The molecular weight excluding hydrogens is 344 g/mol. The van der Waals surface area contributed by atoms with Gasteiger partial charge in [-0.05, 0) is 43.6 Å². The van der Waals surface area contributed by atoms with E-state index < -0.39 is 6.10 Å². The van der Waals surface area contributed by atoms with Crippen molar-refractivity contribution in [3.8, 4) is 11.5 Å². The molecule has 0 aliphatic carbocycles. The normalized spacial score (nSPS) is 21.1. The van der Waals surface area contributed by atoms with Gasteiger partial charge in [-0.1, -0.05) is 25.3 Å². The van der Waals surface area contributed by atoms with Gasteiger partial charge in [-0.3, -0.25) is 4.90 Å². The number of methoxy groups -OCH3 is 1. The van der Waals surface area contributed by atoms with Crippen LogP contribution >= 0.6 is 0 Å². The Balaban J connectivity index is 1.50. The minimum atomic E-state index is -0.511. The van der Waals surface area contributed by atoms with Crippen molar-refractivity contribution >= 4 is 0 Å². The van der Waals surface area contributed by atoms with E-state index >= 15 is 0 Å². The van der Waals surface area contributed by atoms with Gasteiger partial charge in [0.25, 0.3) is 0 Å². The van der Waals surface area contributed by atoms with E-state index in [-0.39, 0.29) is 12.7 Å². The fourth-order valence-electron chi connectivity index (χ4n) is 3.89. The number of aliphatic hydroxyl groups is 2. The number of β-amino-alcohol motifs (C(OH)–C–C–N with tert-alkyl or cyclic N) is 2. The number of nitrogens with zero attached hydrogens (tertiary/aromatic N) is 2. The second kappa shape index (κ2) is 10.3. The summed E-state index contributed by atoms with van der Waals surface area (Å²) in [4.78, 5) is 4.54. The standard InChI is InChI=1S/C21H34N2O4/c1-26-20-8-7-17(12-23-13-18(24)14-23)11-21(20)27-16-19(25)15-22-9-5-3-2-4-6-10-22/h7-8,11,18-19,24-25H,2-6,9-10,12-16H2,1H3/t19-/m0/s1. The highest BCUT2D eigenvalue weighted by molar-refractivity contribution is 5.43. The van der Waals surface area contributed by atoms with Crippen LogP contribution in [0.4, 0.5) is 0 Å². The summed E-state index contributed by atoms with van der Waals surface area (Å²) in [5.74, 6) is 1.35. The maximum atomic E-state index is 10.4. The highest BCUT2D eigenvalue weighted by Gasteiger charge is 2.24. The van der Waals surface area contributed by atoms with Crippen LogP contribution in [0, 0.1) is 0 Å². The predicted octanol–water partition coefficient (Wildman–Crippen LogP) is 1.88. The number of hydrogen-bond acceptors (Lipinski definition) is 6. The summed E-state index contributed by atoms with van der Waals surface area (Å²) in [7, 11) is 1.63. The maximum Gasteiger partial charge on any atom is 0.161 e. The van der Waals surface area contributed by atoms with E-state index in [1.165, 1.54) is 32.1 Å². The molecule has 0 saturated carbocycles. The van der Waals surface area contributed by atoms with E-state index in [9.17, 15) is 10.2 Å². The van der Waals surface area contributed by atoms with Crippen molar-refractivity contribution < 1.29 is 19.7 Å². The third-order valence-corrected chi connectivity index (χ3v) is 5.42. The lowest BCUT2D eigenvalue weighted by Crippen LogP contribution is -2.49. The lowest BCUT2D eigenvalue weighted by Gasteiger charge is -2.35. The smallest absolute Gasteiger partial charge is 0.161 e. The molecular formula is C21H34N2O4. The lowest BCUT2D eigenvalue weighted by molar-refractivity contribution is -0.00293. The third kappa shape index (κ3) is 6.35. The molecule has 27 heavy (non-hydrogen) atoms. The molecule has 0 radical (unpaired) electrons. The Morgan fingerprint density at radius 2 is 1.74 bits per heavy atom. The summed E-state index contributed by atoms with van der Waals surface area (Å²) in [6, 6.07) is 5.91. The Labute approximate surface area is 162 Å². The zero-order chi connectivity index (χ0) is 19.1. The second-order valence-electron chi connectivity index (χ2n) is 7.87. The van der Waals surface area contributed by atoms with Gasteiger partial charge in [0.05, 0.1) is 13.2 Å². The molecule has 1 aromatic rings. The summed E-state index contributed by atoms with van der Waals surface area (Å²) < 4.78 is 11.3. The van der Waals surface area contributed by atoms with E-state index in [1.54, 1.807) is 7.11 Å². The zero-order valence-electron chi connectivity index (χ0n) is 16.5. The van der Waals surface area contributed by atoms with Crippen LogP contribution in [0.15, 0.2) is 18.2 Å². The second-order valence-corrected chi connectivity index (χ2v) is 7.87. The van der Waals surface area contributed by atoms with Crippen molar-refractivity contribution in [3.05, 3.63) is 23.8 Å². The molecule has 2 fully saturated rings. The average Bonchev–Trinajstić information content (AvgIpc) is 2.61. The lowest BCUT2D eigenvalue weighted by atomic mass is 10.1. The largest absolute Gasteiger partial charge is 0.493 e. The average molecular weight is 379 g/mol. The molecule has 2 heterocycles. The maximum absolute atomic E-state index is 10.4. The number of ether oxygens (including phenoxy) is 2. The topological polar surface area (TPSA) is 65.4 Å². The molecule has 1 aromatic carbocycles. The van der Waals surface area contributed by atoms with Crippen molar-refractivity contribution in [2.45, 2.75) is 50.9 Å². The van der Waals surface area contributed by atoms with Gasteiger partial charge in [-0.25, -0.2) is 0 Å². The molecule has 0 unspecified atom stereocenters. The highest BCUT2D eigenvalue weighted by Crippen LogP contribution is 2.29. The molecule has 2 aliphatic heterocycles. The quantitative estimate of drug-likeness (QED) is 0.720. The molecule has 2 N–H and O–H groups in total. The van der Waals surface area contributed by atoms with Crippen LogP contribution in [-0.4, -0.2) is 78.7 Å². The van der Waals surface area contributed by atoms with Crippen LogP contribution in [0.5, 0.6) is 11.5 Å². The molecule has 0 amide bonds. The molecule has 6 heteroatoms. The van der Waals surface area contributed by atoms with Crippen LogP contribution in [-0.2, 0) is 6.54 Å². The Bertz CT molecular complexity index is 569. The fraction of sp³-hybridized carbons (Fsp3) is 0.714. The summed E-state index contributed by atoms with van der Waals surface area (Å²) in [5.41, 5.74) is 1.12. The summed E-state index contributed by atoms with van der Waals surface area (Å²) in [6.45, 7) is 5.28. The number of rotatable bonds is 8. The zero-order valence-corrected chi connectivity index (χ0v) is 16.5. The van der Waals surface area contributed by atoms with Crippen molar-refractivity contribution in [1.82, 2.24) is 9.80 Å². The highest BCUT2D eigenvalue weighted by atomic mass is 16.5. The predicted molar refractivity (Wildman–Crippen MR) is 105 cm³/mol. The number of benzene rings is 1. The number of likely N-dealkylation sites (tertiary alicyclic amines) is 2. The molecule has 0 bridgehead atoms. The molecule has 6 nitrogen and oxygen atoms in total. The van der Waals surface area contributed by atoms with Crippen LogP contribution in [0.3, 0.4) is 0 Å². The Morgan fingerprint density at radius 3 is 2.41 bits per heavy atom. The SMILES string of the molecule is COc1ccc(CN2CC(O)C2)cc1OC[C@@H](O)CN1CCCCCCC1. The van der Waals surface area contributed by atoms with E-state index in [2.05, 4.69) is 9.80 Å². The van der Waals surface area contributed by atoms with E-state index in [4.69, 9.17) is 9.47 Å². The van der Waals surface area contributed by atoms with Gasteiger partial charge in [0.2, 0.25) is 0 Å².